The Kier molecular flexibility index (Phi) is 4.09. The molecule has 0 spiro atoms. The lowest BCUT2D eigenvalue weighted by Gasteiger charge is -2.36. The molecular formula is C15H23B. The van der Waals surface area contributed by atoms with E-state index in [0.717, 1.165) is 12.5 Å². The van der Waals surface area contributed by atoms with E-state index in [9.17, 15) is 0 Å². The Hall–Kier alpha value is -0.715. The van der Waals surface area contributed by atoms with Crippen molar-refractivity contribution in [3.05, 3.63) is 36.5 Å². The van der Waals surface area contributed by atoms with Gasteiger partial charge in [-0.05, 0) is 11.7 Å². The van der Waals surface area contributed by atoms with Gasteiger partial charge in [-0.3, -0.25) is 0 Å². The summed E-state index contributed by atoms with van der Waals surface area (Å²) in [5.41, 5.74) is 0. The molecular weight excluding hydrogens is 191 g/mol. The fourth-order valence-corrected chi connectivity index (χ4v) is 3.39. The van der Waals surface area contributed by atoms with E-state index < -0.39 is 0 Å². The molecule has 86 valence electrons. The highest BCUT2D eigenvalue weighted by Gasteiger charge is 2.36. The Morgan fingerprint density at radius 3 is 2.50 bits per heavy atom. The maximum Gasteiger partial charge on any atom is 0.156 e. The van der Waals surface area contributed by atoms with Crippen LogP contribution in [-0.2, 0) is 0 Å². The van der Waals surface area contributed by atoms with Crippen LogP contribution in [0.4, 0.5) is 0 Å². The van der Waals surface area contributed by atoms with Gasteiger partial charge in [-0.1, -0.05) is 81.7 Å². The molecule has 3 aliphatic rings. The highest BCUT2D eigenvalue weighted by Crippen LogP contribution is 2.43. The molecule has 1 aliphatic carbocycles. The van der Waals surface area contributed by atoms with Gasteiger partial charge in [0.1, 0.15) is 0 Å². The monoisotopic (exact) mass is 214 g/mol. The first kappa shape index (κ1) is 11.8. The summed E-state index contributed by atoms with van der Waals surface area (Å²) in [6.45, 7) is 5.51. The van der Waals surface area contributed by atoms with Gasteiger partial charge in [0.15, 0.2) is 6.71 Å². The fourth-order valence-electron chi connectivity index (χ4n) is 3.39. The van der Waals surface area contributed by atoms with E-state index >= 15 is 0 Å². The Morgan fingerprint density at radius 2 is 1.75 bits per heavy atom. The van der Waals surface area contributed by atoms with Crippen LogP contribution < -0.4 is 0 Å². The first-order valence-electron chi connectivity index (χ1n) is 6.90. The Morgan fingerprint density at radius 1 is 0.938 bits per heavy atom. The zero-order chi connectivity index (χ0) is 11.4. The van der Waals surface area contributed by atoms with Crippen LogP contribution in [0.3, 0.4) is 0 Å². The average molecular weight is 214 g/mol. The van der Waals surface area contributed by atoms with Crippen LogP contribution >= 0.6 is 0 Å². The topological polar surface area (TPSA) is 0 Å². The van der Waals surface area contributed by atoms with E-state index in [1.807, 2.05) is 0 Å². The average Bonchev–Trinajstić information content (AvgIpc) is 2.24. The molecule has 0 nitrogen and oxygen atoms in total. The van der Waals surface area contributed by atoms with Crippen LogP contribution in [0.2, 0.25) is 18.0 Å². The molecule has 0 amide bonds. The molecule has 16 heavy (non-hydrogen) atoms. The number of rotatable bonds is 4. The molecule has 0 aromatic rings. The lowest BCUT2D eigenvalue weighted by molar-refractivity contribution is 0.607. The summed E-state index contributed by atoms with van der Waals surface area (Å²) >= 11 is 0. The van der Waals surface area contributed by atoms with Crippen molar-refractivity contribution >= 4 is 6.71 Å². The van der Waals surface area contributed by atoms with Gasteiger partial charge in [0, 0.05) is 0 Å². The zero-order valence-electron chi connectivity index (χ0n) is 10.6. The second kappa shape index (κ2) is 5.56. The summed E-state index contributed by atoms with van der Waals surface area (Å²) in [6, 6.07) is 0. The van der Waals surface area contributed by atoms with Crippen molar-refractivity contribution < 1.29 is 0 Å². The molecule has 0 fully saturated rings. The van der Waals surface area contributed by atoms with Crippen molar-refractivity contribution in [2.24, 2.45) is 5.92 Å². The first-order valence-corrected chi connectivity index (χ1v) is 6.90. The predicted octanol–water partition coefficient (Wildman–Crippen LogP) is 4.74. The number of hydrogen-bond acceptors (Lipinski definition) is 0. The van der Waals surface area contributed by atoms with Crippen LogP contribution in [0.1, 0.15) is 33.1 Å². The summed E-state index contributed by atoms with van der Waals surface area (Å²) in [7, 11) is 0. The minimum atomic E-state index is 0.692. The Bertz CT molecular complexity index is 271. The van der Waals surface area contributed by atoms with Crippen molar-refractivity contribution in [2.75, 3.05) is 0 Å². The van der Waals surface area contributed by atoms with Crippen LogP contribution in [0.25, 0.3) is 0 Å². The highest BCUT2D eigenvalue weighted by molar-refractivity contribution is 6.63. The van der Waals surface area contributed by atoms with E-state index in [0.29, 0.717) is 11.7 Å². The van der Waals surface area contributed by atoms with E-state index in [4.69, 9.17) is 0 Å². The predicted molar refractivity (Wildman–Crippen MR) is 74.2 cm³/mol. The quantitative estimate of drug-likeness (QED) is 0.468. The van der Waals surface area contributed by atoms with Crippen molar-refractivity contribution in [3.63, 3.8) is 0 Å². The largest absolute Gasteiger partial charge is 0.156 e. The van der Waals surface area contributed by atoms with Crippen LogP contribution in [0, 0.1) is 5.92 Å². The maximum atomic E-state index is 2.44. The molecule has 3 rings (SSSR count). The minimum Gasteiger partial charge on any atom is -0.0883 e. The van der Waals surface area contributed by atoms with Crippen LogP contribution in [-0.4, -0.2) is 6.71 Å². The van der Waals surface area contributed by atoms with Gasteiger partial charge < -0.3 is 0 Å². The van der Waals surface area contributed by atoms with Crippen LogP contribution in [0.5, 0.6) is 0 Å². The molecule has 0 saturated carbocycles. The van der Waals surface area contributed by atoms with Crippen molar-refractivity contribution in [1.29, 1.82) is 0 Å². The summed E-state index contributed by atoms with van der Waals surface area (Å²) < 4.78 is 0. The van der Waals surface area contributed by atoms with Gasteiger partial charge in [0.2, 0.25) is 0 Å². The third-order valence-electron chi connectivity index (χ3n) is 4.12. The number of fused-ring (bicyclic) bond motifs is 2. The first-order chi connectivity index (χ1) is 7.86. The minimum absolute atomic E-state index is 0.692. The molecule has 1 heteroatoms. The maximum absolute atomic E-state index is 2.44. The van der Waals surface area contributed by atoms with Crippen molar-refractivity contribution in [1.82, 2.24) is 0 Å². The van der Waals surface area contributed by atoms with Crippen LogP contribution in [0.15, 0.2) is 36.5 Å². The molecule has 2 aliphatic heterocycles. The molecule has 2 bridgehead atoms. The third kappa shape index (κ3) is 2.34. The smallest absolute Gasteiger partial charge is 0.0883 e. The Balaban J connectivity index is 2.23. The molecule has 1 unspecified atom stereocenters. The fraction of sp³-hybridized carbons (Fsp3) is 0.600. The second-order valence-electron chi connectivity index (χ2n) is 5.21. The van der Waals surface area contributed by atoms with Crippen molar-refractivity contribution in [3.8, 4) is 0 Å². The van der Waals surface area contributed by atoms with Gasteiger partial charge in [-0.25, -0.2) is 0 Å². The lowest BCUT2D eigenvalue weighted by Crippen LogP contribution is -2.32. The molecule has 0 N–H and O–H groups in total. The third-order valence-corrected chi connectivity index (χ3v) is 4.12. The number of hydrogen-bond donors (Lipinski definition) is 0. The standard InChI is InChI=1S/C15H23B/c1-3-7-15-13-8-5-6-9-14(11-10-13)16(15)12-4-2/h5-6,8-11,13-15H,3-4,7,12H2,1-2H3/b8-5-,9-6-/t13-,14+,15?/m0/s1. The van der Waals surface area contributed by atoms with Crippen molar-refractivity contribution in [2.45, 2.75) is 51.1 Å². The van der Waals surface area contributed by atoms with Gasteiger partial charge in [-0.15, -0.1) is 0 Å². The normalized spacial score (nSPS) is 35.9. The SMILES string of the molecule is CCCB1C(CCC)[C@@H]2C=C[C@H]1/C=C\C=C/2. The van der Waals surface area contributed by atoms with Gasteiger partial charge in [0.05, 0.1) is 0 Å². The molecule has 2 heterocycles. The summed E-state index contributed by atoms with van der Waals surface area (Å²) in [6.07, 6.45) is 19.6. The lowest BCUT2D eigenvalue weighted by atomic mass is 9.27. The molecule has 0 aromatic heterocycles. The molecule has 0 saturated heterocycles. The van der Waals surface area contributed by atoms with Gasteiger partial charge >= 0.3 is 0 Å². The second-order valence-corrected chi connectivity index (χ2v) is 5.21. The number of allylic oxidation sites excluding steroid dienone is 6. The molecule has 3 atom stereocenters. The van der Waals surface area contributed by atoms with Gasteiger partial charge in [-0.2, -0.15) is 0 Å². The summed E-state index contributed by atoms with van der Waals surface area (Å²) in [5, 5.41) is 0. The summed E-state index contributed by atoms with van der Waals surface area (Å²) in [5.74, 6) is 2.26. The highest BCUT2D eigenvalue weighted by atomic mass is 14.2. The van der Waals surface area contributed by atoms with E-state index in [1.165, 1.54) is 25.6 Å². The molecule has 0 radical (unpaired) electrons. The Labute approximate surface area is 101 Å². The summed E-state index contributed by atoms with van der Waals surface area (Å²) in [4.78, 5) is 0. The van der Waals surface area contributed by atoms with E-state index in [2.05, 4.69) is 50.3 Å². The molecule has 0 aromatic carbocycles. The zero-order valence-corrected chi connectivity index (χ0v) is 10.6. The van der Waals surface area contributed by atoms with E-state index in [-0.39, 0.29) is 0 Å². The van der Waals surface area contributed by atoms with E-state index in [1.54, 1.807) is 0 Å². The van der Waals surface area contributed by atoms with Gasteiger partial charge in [0.25, 0.3) is 0 Å².